The lowest BCUT2D eigenvalue weighted by atomic mass is 10.4. The van der Waals surface area contributed by atoms with E-state index >= 15 is 0 Å². The predicted molar refractivity (Wildman–Crippen MR) is 50.7 cm³/mol. The Kier molecular flexibility index (Phi) is 8.81. The van der Waals surface area contributed by atoms with Crippen molar-refractivity contribution in [2.45, 2.75) is 18.8 Å². The monoisotopic (exact) mass is 206 g/mol. The molecule has 0 aliphatic carbocycles. The van der Waals surface area contributed by atoms with E-state index in [1.807, 2.05) is 0 Å². The molecule has 0 rings (SSSR count). The van der Waals surface area contributed by atoms with Crippen LogP contribution in [0.3, 0.4) is 0 Å². The van der Waals surface area contributed by atoms with Gasteiger partial charge in [-0.2, -0.15) is 0 Å². The Hall–Kier alpha value is -0.460. The van der Waals surface area contributed by atoms with Gasteiger partial charge in [0.25, 0.3) is 0 Å². The summed E-state index contributed by atoms with van der Waals surface area (Å²) in [5.74, 6) is 0. The van der Waals surface area contributed by atoms with E-state index in [0.29, 0.717) is 19.6 Å². The quantitative estimate of drug-likeness (QED) is 0.263. The van der Waals surface area contributed by atoms with Gasteiger partial charge < -0.3 is 24.8 Å². The molecule has 14 heavy (non-hydrogen) atoms. The maximum Gasteiger partial charge on any atom is 0.156 e. The number of aliphatic hydroxyl groups excluding tert-OH is 3. The Morgan fingerprint density at radius 3 is 2.64 bits per heavy atom. The lowest BCUT2D eigenvalue weighted by molar-refractivity contribution is -0.135. The summed E-state index contributed by atoms with van der Waals surface area (Å²) in [5, 5.41) is 26.5. The second-order valence-electron chi connectivity index (χ2n) is 2.78. The minimum absolute atomic E-state index is 0.0842. The van der Waals surface area contributed by atoms with E-state index in [4.69, 9.17) is 19.7 Å². The van der Waals surface area contributed by atoms with Crippen molar-refractivity contribution in [3.63, 3.8) is 0 Å². The van der Waals surface area contributed by atoms with E-state index in [2.05, 4.69) is 6.58 Å². The Morgan fingerprint density at radius 1 is 1.36 bits per heavy atom. The van der Waals surface area contributed by atoms with Crippen LogP contribution >= 0.6 is 0 Å². The van der Waals surface area contributed by atoms with E-state index in [9.17, 15) is 5.11 Å². The van der Waals surface area contributed by atoms with Gasteiger partial charge in [0.1, 0.15) is 6.10 Å². The summed E-state index contributed by atoms with van der Waals surface area (Å²) in [5.41, 5.74) is 0. The SMILES string of the molecule is C=CCOCCC(O)OCC(O)CO. The van der Waals surface area contributed by atoms with E-state index in [-0.39, 0.29) is 13.2 Å². The highest BCUT2D eigenvalue weighted by atomic mass is 16.6. The van der Waals surface area contributed by atoms with Crippen LogP contribution in [0.2, 0.25) is 0 Å². The third-order valence-corrected chi connectivity index (χ3v) is 1.44. The van der Waals surface area contributed by atoms with Crippen molar-refractivity contribution >= 4 is 0 Å². The fourth-order valence-electron chi connectivity index (χ4n) is 0.709. The smallest absolute Gasteiger partial charge is 0.156 e. The van der Waals surface area contributed by atoms with Crippen molar-refractivity contribution in [1.82, 2.24) is 0 Å². The lowest BCUT2D eigenvalue weighted by Gasteiger charge is -2.13. The summed E-state index contributed by atoms with van der Waals surface area (Å²) in [6, 6.07) is 0. The van der Waals surface area contributed by atoms with Crippen LogP contribution in [0.25, 0.3) is 0 Å². The summed E-state index contributed by atoms with van der Waals surface area (Å²) in [6.07, 6.45) is 0.0223. The molecular weight excluding hydrogens is 188 g/mol. The molecule has 0 saturated heterocycles. The number of aliphatic hydroxyl groups is 3. The van der Waals surface area contributed by atoms with Gasteiger partial charge in [-0.05, 0) is 0 Å². The van der Waals surface area contributed by atoms with Crippen LogP contribution in [0.1, 0.15) is 6.42 Å². The van der Waals surface area contributed by atoms with Crippen molar-refractivity contribution in [3.05, 3.63) is 12.7 Å². The van der Waals surface area contributed by atoms with Crippen molar-refractivity contribution in [2.75, 3.05) is 26.4 Å². The number of hydrogen-bond donors (Lipinski definition) is 3. The third kappa shape index (κ3) is 8.15. The van der Waals surface area contributed by atoms with Crippen LogP contribution < -0.4 is 0 Å². The average molecular weight is 206 g/mol. The Labute approximate surface area is 83.6 Å². The maximum atomic E-state index is 9.17. The average Bonchev–Trinajstić information content (AvgIpc) is 2.21. The summed E-state index contributed by atoms with van der Waals surface area (Å²) in [4.78, 5) is 0. The summed E-state index contributed by atoms with van der Waals surface area (Å²) < 4.78 is 9.83. The minimum atomic E-state index is -0.971. The Morgan fingerprint density at radius 2 is 2.07 bits per heavy atom. The molecule has 0 radical (unpaired) electrons. The largest absolute Gasteiger partial charge is 0.394 e. The standard InChI is InChI=1S/C9H18O5/c1-2-4-13-5-3-9(12)14-7-8(11)6-10/h2,8-12H,1,3-7H2. The first-order chi connectivity index (χ1) is 6.70. The van der Waals surface area contributed by atoms with Gasteiger partial charge in [0, 0.05) is 6.42 Å². The fraction of sp³-hybridized carbons (Fsp3) is 0.778. The molecule has 3 N–H and O–H groups in total. The number of ether oxygens (including phenoxy) is 2. The lowest BCUT2D eigenvalue weighted by Crippen LogP contribution is -2.25. The van der Waals surface area contributed by atoms with E-state index in [1.54, 1.807) is 6.08 Å². The minimum Gasteiger partial charge on any atom is -0.394 e. The number of rotatable bonds is 9. The zero-order valence-electron chi connectivity index (χ0n) is 8.13. The Bertz CT molecular complexity index is 139. The molecule has 0 bridgehead atoms. The van der Waals surface area contributed by atoms with Gasteiger partial charge in [-0.25, -0.2) is 0 Å². The molecule has 0 aliphatic heterocycles. The zero-order chi connectivity index (χ0) is 10.8. The predicted octanol–water partition coefficient (Wildman–Crippen LogP) is -0.733. The van der Waals surface area contributed by atoms with Gasteiger partial charge in [0.05, 0.1) is 26.4 Å². The molecule has 5 nitrogen and oxygen atoms in total. The first kappa shape index (κ1) is 13.5. The normalized spacial score (nSPS) is 15.1. The Balaban J connectivity index is 3.27. The molecule has 2 unspecified atom stereocenters. The first-order valence-electron chi connectivity index (χ1n) is 4.48. The molecule has 0 fully saturated rings. The molecule has 0 aromatic rings. The van der Waals surface area contributed by atoms with Crippen LogP contribution in [-0.4, -0.2) is 54.1 Å². The van der Waals surface area contributed by atoms with Crippen molar-refractivity contribution in [1.29, 1.82) is 0 Å². The summed E-state index contributed by atoms with van der Waals surface area (Å²) in [6.45, 7) is 3.81. The van der Waals surface area contributed by atoms with Crippen molar-refractivity contribution in [3.8, 4) is 0 Å². The molecular formula is C9H18O5. The molecule has 0 saturated carbocycles. The molecule has 0 aromatic carbocycles. The zero-order valence-corrected chi connectivity index (χ0v) is 8.13. The van der Waals surface area contributed by atoms with Gasteiger partial charge in [-0.1, -0.05) is 6.08 Å². The highest BCUT2D eigenvalue weighted by Crippen LogP contribution is 1.96. The topological polar surface area (TPSA) is 79.2 Å². The van der Waals surface area contributed by atoms with Gasteiger partial charge in [0.15, 0.2) is 6.29 Å². The van der Waals surface area contributed by atoms with Gasteiger partial charge in [-0.15, -0.1) is 6.58 Å². The fourth-order valence-corrected chi connectivity index (χ4v) is 0.709. The summed E-state index contributed by atoms with van der Waals surface area (Å²) >= 11 is 0. The van der Waals surface area contributed by atoms with Crippen molar-refractivity contribution in [2.24, 2.45) is 0 Å². The first-order valence-corrected chi connectivity index (χ1v) is 4.48. The highest BCUT2D eigenvalue weighted by molar-refractivity contribution is 4.63. The van der Waals surface area contributed by atoms with Crippen LogP contribution in [0.5, 0.6) is 0 Å². The van der Waals surface area contributed by atoms with Crippen LogP contribution in [0.15, 0.2) is 12.7 Å². The van der Waals surface area contributed by atoms with E-state index in [1.165, 1.54) is 0 Å². The van der Waals surface area contributed by atoms with E-state index in [0.717, 1.165) is 0 Å². The van der Waals surface area contributed by atoms with Crippen LogP contribution in [0, 0.1) is 0 Å². The third-order valence-electron chi connectivity index (χ3n) is 1.44. The molecule has 0 aromatic heterocycles. The number of hydrogen-bond acceptors (Lipinski definition) is 5. The van der Waals surface area contributed by atoms with Gasteiger partial charge in [0.2, 0.25) is 0 Å². The molecule has 0 heterocycles. The second-order valence-corrected chi connectivity index (χ2v) is 2.78. The van der Waals surface area contributed by atoms with Crippen LogP contribution in [-0.2, 0) is 9.47 Å². The molecule has 5 heteroatoms. The van der Waals surface area contributed by atoms with Gasteiger partial charge in [-0.3, -0.25) is 0 Å². The second kappa shape index (κ2) is 9.11. The van der Waals surface area contributed by atoms with Crippen LogP contribution in [0.4, 0.5) is 0 Å². The van der Waals surface area contributed by atoms with Crippen molar-refractivity contribution < 1.29 is 24.8 Å². The van der Waals surface area contributed by atoms with E-state index < -0.39 is 12.4 Å². The van der Waals surface area contributed by atoms with Gasteiger partial charge >= 0.3 is 0 Å². The summed E-state index contributed by atoms with van der Waals surface area (Å²) in [7, 11) is 0. The molecule has 2 atom stereocenters. The molecule has 84 valence electrons. The molecule has 0 spiro atoms. The maximum absolute atomic E-state index is 9.17. The highest BCUT2D eigenvalue weighted by Gasteiger charge is 2.07. The molecule has 0 aliphatic rings. The molecule has 0 amide bonds.